The van der Waals surface area contributed by atoms with E-state index in [1.165, 1.54) is 25.3 Å². The van der Waals surface area contributed by atoms with Gasteiger partial charge in [0.15, 0.2) is 5.82 Å². The van der Waals surface area contributed by atoms with Gasteiger partial charge in [0.25, 0.3) is 0 Å². The van der Waals surface area contributed by atoms with Crippen LogP contribution in [-0.4, -0.2) is 48.4 Å². The number of aliphatic imine (C=N–C) groups is 1. The Labute approximate surface area is 199 Å². The van der Waals surface area contributed by atoms with Crippen LogP contribution in [0.25, 0.3) is 11.3 Å². The molecule has 0 saturated carbocycles. The molecule has 2 aromatic heterocycles. The van der Waals surface area contributed by atoms with Gasteiger partial charge in [-0.05, 0) is 29.8 Å². The van der Waals surface area contributed by atoms with E-state index in [-0.39, 0.29) is 16.9 Å². The number of phenols is 1. The average Bonchev–Trinajstić information content (AvgIpc) is 3.26. The summed E-state index contributed by atoms with van der Waals surface area (Å²) >= 11 is 7.33. The standard InChI is InChI=1S/C22H20ClN7O2S/c1-13(20-25-11-16(23)12-26-20)14(2)33-29-22-28-27-21(15-6-5-9-24-10-15)30(22)19-17(31)7-4-8-18(19)32-3/h4,7-14,31H,1-3H3,(H,28,29). The lowest BCUT2D eigenvalue weighted by Crippen LogP contribution is -2.15. The number of para-hydroxylation sites is 1. The Morgan fingerprint density at radius 1 is 1.21 bits per heavy atom. The minimum Gasteiger partial charge on any atom is -0.506 e. The van der Waals surface area contributed by atoms with Crippen molar-refractivity contribution in [2.75, 3.05) is 11.8 Å². The van der Waals surface area contributed by atoms with Gasteiger partial charge in [0.2, 0.25) is 5.95 Å². The van der Waals surface area contributed by atoms with Crippen molar-refractivity contribution < 1.29 is 9.84 Å². The normalized spacial score (nSPS) is 14.1. The van der Waals surface area contributed by atoms with Crippen LogP contribution < -0.4 is 9.46 Å². The van der Waals surface area contributed by atoms with Crippen molar-refractivity contribution in [2.24, 2.45) is 4.99 Å². The van der Waals surface area contributed by atoms with E-state index >= 15 is 0 Å². The van der Waals surface area contributed by atoms with Crippen molar-refractivity contribution >= 4 is 41.3 Å². The number of anilines is 1. The van der Waals surface area contributed by atoms with Gasteiger partial charge in [0.05, 0.1) is 23.9 Å². The molecule has 0 amide bonds. The lowest BCUT2D eigenvalue weighted by molar-refractivity contribution is 0.405. The summed E-state index contributed by atoms with van der Waals surface area (Å²) in [7, 11) is 1.53. The molecule has 33 heavy (non-hydrogen) atoms. The third-order valence-electron chi connectivity index (χ3n) is 4.96. The number of aromatic hydroxyl groups is 1. The Hall–Kier alpha value is -3.55. The van der Waals surface area contributed by atoms with Gasteiger partial charge in [-0.1, -0.05) is 37.2 Å². The van der Waals surface area contributed by atoms with Crippen LogP contribution in [0, 0.1) is 0 Å². The van der Waals surface area contributed by atoms with Gasteiger partial charge >= 0.3 is 0 Å². The Morgan fingerprint density at radius 2 is 2.00 bits per heavy atom. The molecule has 0 bridgehead atoms. The molecule has 4 rings (SSSR count). The highest BCUT2D eigenvalue weighted by molar-refractivity contribution is 8.01. The van der Waals surface area contributed by atoms with Crippen LogP contribution in [0.15, 0.2) is 53.2 Å². The number of rotatable bonds is 8. The van der Waals surface area contributed by atoms with Crippen molar-refractivity contribution in [3.8, 4) is 17.2 Å². The van der Waals surface area contributed by atoms with Crippen molar-refractivity contribution in [3.05, 3.63) is 64.9 Å². The summed E-state index contributed by atoms with van der Waals surface area (Å²) in [5.74, 6) is 1.98. The van der Waals surface area contributed by atoms with E-state index in [1.807, 2.05) is 13.8 Å². The number of allylic oxidation sites excluding steroid dienone is 1. The summed E-state index contributed by atoms with van der Waals surface area (Å²) in [4.78, 5) is 12.7. The molecule has 168 valence electrons. The molecule has 0 saturated heterocycles. The monoisotopic (exact) mass is 481 g/mol. The number of halogens is 1. The summed E-state index contributed by atoms with van der Waals surface area (Å²) in [5.41, 5.74) is 6.75. The molecular formula is C22H20ClN7O2S. The zero-order chi connectivity index (χ0) is 23.4. The SMILES string of the molecule is COc1cccc(O)c1-n1c(NSC(C)C(C)c2ncc(Cl)cn2)nnc1C1=C=C=CN=C1. The molecule has 3 heterocycles. The zero-order valence-electron chi connectivity index (χ0n) is 18.0. The third-order valence-corrected chi connectivity index (χ3v) is 6.24. The van der Waals surface area contributed by atoms with E-state index < -0.39 is 0 Å². The first-order valence-electron chi connectivity index (χ1n) is 9.94. The van der Waals surface area contributed by atoms with E-state index in [2.05, 4.69) is 41.3 Å². The van der Waals surface area contributed by atoms with Crippen molar-refractivity contribution in [1.82, 2.24) is 24.7 Å². The molecule has 2 N–H and O–H groups in total. The van der Waals surface area contributed by atoms with Crippen LogP contribution in [0.1, 0.15) is 31.4 Å². The molecule has 2 atom stereocenters. The predicted octanol–water partition coefficient (Wildman–Crippen LogP) is 4.41. The molecule has 1 aromatic carbocycles. The Bertz CT molecular complexity index is 1290. The molecule has 1 aliphatic heterocycles. The molecular weight excluding hydrogens is 462 g/mol. The highest BCUT2D eigenvalue weighted by Crippen LogP contribution is 2.37. The van der Waals surface area contributed by atoms with E-state index in [0.29, 0.717) is 39.6 Å². The second-order valence-electron chi connectivity index (χ2n) is 7.07. The van der Waals surface area contributed by atoms with Crippen LogP contribution in [0.4, 0.5) is 5.95 Å². The smallest absolute Gasteiger partial charge is 0.239 e. The first-order chi connectivity index (χ1) is 16.0. The number of hydrogen-bond acceptors (Lipinski definition) is 9. The van der Waals surface area contributed by atoms with E-state index in [4.69, 9.17) is 16.3 Å². The largest absolute Gasteiger partial charge is 0.506 e. The molecule has 0 fully saturated rings. The van der Waals surface area contributed by atoms with E-state index in [9.17, 15) is 5.11 Å². The number of methoxy groups -OCH3 is 1. The van der Waals surface area contributed by atoms with Crippen molar-refractivity contribution in [3.63, 3.8) is 0 Å². The van der Waals surface area contributed by atoms with Gasteiger partial charge in [-0.2, -0.15) is 0 Å². The third kappa shape index (κ3) is 4.79. The quantitative estimate of drug-likeness (QED) is 0.359. The maximum absolute atomic E-state index is 10.7. The number of nitrogens with zero attached hydrogens (tertiary/aromatic N) is 6. The minimum atomic E-state index is 0.00676. The first-order valence-corrected chi connectivity index (χ1v) is 11.2. The molecule has 9 nitrogen and oxygen atoms in total. The van der Waals surface area contributed by atoms with Crippen LogP contribution in [0.2, 0.25) is 5.02 Å². The summed E-state index contributed by atoms with van der Waals surface area (Å²) in [6, 6.07) is 5.01. The number of benzene rings is 1. The summed E-state index contributed by atoms with van der Waals surface area (Å²) in [6.45, 7) is 4.08. The first kappa shape index (κ1) is 22.6. The lowest BCUT2D eigenvalue weighted by Gasteiger charge is -2.19. The summed E-state index contributed by atoms with van der Waals surface area (Å²) in [5, 5.41) is 19.8. The molecule has 0 spiro atoms. The van der Waals surface area contributed by atoms with Crippen molar-refractivity contribution in [2.45, 2.75) is 25.0 Å². The fourth-order valence-corrected chi connectivity index (χ4v) is 3.90. The number of ether oxygens (including phenoxy) is 1. The Kier molecular flexibility index (Phi) is 6.82. The van der Waals surface area contributed by atoms with Gasteiger partial charge in [-0.15, -0.1) is 10.2 Å². The molecule has 0 aliphatic carbocycles. The van der Waals surface area contributed by atoms with Gasteiger partial charge < -0.3 is 9.84 Å². The number of nitrogens with one attached hydrogen (secondary N) is 1. The zero-order valence-corrected chi connectivity index (χ0v) is 19.6. The number of hydrogen-bond donors (Lipinski definition) is 2. The summed E-state index contributed by atoms with van der Waals surface area (Å²) in [6.07, 6.45) is 6.27. The van der Waals surface area contributed by atoms with Gasteiger partial charge in [0, 0.05) is 29.8 Å². The fourth-order valence-electron chi connectivity index (χ4n) is 3.06. The Balaban J connectivity index is 1.69. The van der Waals surface area contributed by atoms with Crippen molar-refractivity contribution in [1.29, 1.82) is 0 Å². The van der Waals surface area contributed by atoms with Crippen LogP contribution in [-0.2, 0) is 0 Å². The molecule has 0 radical (unpaired) electrons. The highest BCUT2D eigenvalue weighted by Gasteiger charge is 2.24. The Morgan fingerprint density at radius 3 is 2.70 bits per heavy atom. The number of aromatic nitrogens is 5. The molecule has 1 aliphatic rings. The van der Waals surface area contributed by atoms with Crippen LogP contribution in [0.5, 0.6) is 11.5 Å². The summed E-state index contributed by atoms with van der Waals surface area (Å²) < 4.78 is 10.4. The van der Waals surface area contributed by atoms with Crippen LogP contribution in [0.3, 0.4) is 0 Å². The van der Waals surface area contributed by atoms with E-state index in [1.54, 1.807) is 41.4 Å². The minimum absolute atomic E-state index is 0.00676. The van der Waals surface area contributed by atoms with Gasteiger partial charge in [0.1, 0.15) is 23.0 Å². The topological polar surface area (TPSA) is 110 Å². The average molecular weight is 482 g/mol. The lowest BCUT2D eigenvalue weighted by atomic mass is 10.1. The molecule has 2 unspecified atom stereocenters. The predicted molar refractivity (Wildman–Crippen MR) is 129 cm³/mol. The maximum Gasteiger partial charge on any atom is 0.239 e. The fraction of sp³-hybridized carbons (Fsp3) is 0.227. The number of phenolic OH excluding ortho intramolecular Hbond substituents is 1. The van der Waals surface area contributed by atoms with E-state index in [0.717, 1.165) is 0 Å². The second-order valence-corrected chi connectivity index (χ2v) is 8.69. The second kappa shape index (κ2) is 9.94. The highest BCUT2D eigenvalue weighted by atomic mass is 35.5. The van der Waals surface area contributed by atoms with Gasteiger partial charge in [-0.3, -0.25) is 14.3 Å². The molecule has 3 aromatic rings. The molecule has 11 heteroatoms. The van der Waals surface area contributed by atoms with Gasteiger partial charge in [-0.25, -0.2) is 9.97 Å². The maximum atomic E-state index is 10.7. The van der Waals surface area contributed by atoms with Crippen LogP contribution >= 0.6 is 23.5 Å².